The van der Waals surface area contributed by atoms with Crippen LogP contribution in [0.5, 0.6) is 11.6 Å². The molecule has 2 aliphatic heterocycles. The van der Waals surface area contributed by atoms with Crippen molar-refractivity contribution in [3.63, 3.8) is 0 Å². The lowest BCUT2D eigenvalue weighted by molar-refractivity contribution is -0.144. The van der Waals surface area contributed by atoms with E-state index in [4.69, 9.17) is 24.2 Å². The molecule has 10 atom stereocenters. The first-order chi connectivity index (χ1) is 28.9. The Kier molecular flexibility index (Phi) is 11.3. The van der Waals surface area contributed by atoms with Crippen LogP contribution in [0.3, 0.4) is 0 Å². The average Bonchev–Trinajstić information content (AvgIpc) is 4.15. The summed E-state index contributed by atoms with van der Waals surface area (Å²) in [7, 11) is -2.62. The van der Waals surface area contributed by atoms with Gasteiger partial charge in [0.05, 0.1) is 35.9 Å². The zero-order valence-electron chi connectivity index (χ0n) is 35.2. The number of alkyl carbamates (subject to hydrolysis) is 1. The Morgan fingerprint density at radius 3 is 2.49 bits per heavy atom. The first-order valence-corrected chi connectivity index (χ1v) is 23.0. The maximum absolute atomic E-state index is 15.0. The predicted octanol–water partition coefficient (Wildman–Crippen LogP) is 4.82. The van der Waals surface area contributed by atoms with Gasteiger partial charge in [0.2, 0.25) is 34.1 Å². The van der Waals surface area contributed by atoms with E-state index in [1.165, 1.54) is 17.6 Å². The summed E-state index contributed by atoms with van der Waals surface area (Å²) in [5.74, 6) is -3.88. The number of benzene rings is 1. The Balaban J connectivity index is 1.17. The number of amides is 4. The van der Waals surface area contributed by atoms with Crippen LogP contribution in [0.25, 0.3) is 11.0 Å². The van der Waals surface area contributed by atoms with Gasteiger partial charge in [0.1, 0.15) is 41.3 Å². The quantitative estimate of drug-likeness (QED) is 0.308. The third-order valence-electron chi connectivity index (χ3n) is 13.8. The number of carbonyl (C=O) groups is 4. The number of nitrogens with one attached hydrogen (secondary N) is 3. The second kappa shape index (κ2) is 15.9. The summed E-state index contributed by atoms with van der Waals surface area (Å²) in [6.07, 6.45) is -0.229. The molecule has 3 heterocycles. The molecular weight excluding hydrogens is 815 g/mol. The fourth-order valence-corrected chi connectivity index (χ4v) is 11.4. The van der Waals surface area contributed by atoms with Gasteiger partial charge in [-0.05, 0) is 80.8 Å². The maximum Gasteiger partial charge on any atom is 0.408 e. The smallest absolute Gasteiger partial charge is 0.408 e. The van der Waals surface area contributed by atoms with Gasteiger partial charge < -0.3 is 29.7 Å². The number of nitrogens with zero attached hydrogens (tertiary/aromatic N) is 3. The number of carbonyl (C=O) groups excluding carboxylic acids is 4. The molecule has 18 heteroatoms. The van der Waals surface area contributed by atoms with Gasteiger partial charge in [-0.15, -0.1) is 0 Å². The number of fused-ring (bicyclic) bond motifs is 7. The summed E-state index contributed by atoms with van der Waals surface area (Å²) in [5, 5.41) is 4.51. The minimum Gasteiger partial charge on any atom is -0.497 e. The molecule has 0 unspecified atom stereocenters. The number of rotatable bonds is 8. The van der Waals surface area contributed by atoms with E-state index < -0.39 is 92.9 Å². The Labute approximate surface area is 354 Å². The number of alkyl halides is 2. The van der Waals surface area contributed by atoms with Crippen LogP contribution >= 0.6 is 0 Å². The second-order valence-corrected chi connectivity index (χ2v) is 20.8. The van der Waals surface area contributed by atoms with Crippen LogP contribution < -0.4 is 24.8 Å². The summed E-state index contributed by atoms with van der Waals surface area (Å²) in [4.78, 5) is 68.3. The van der Waals surface area contributed by atoms with Gasteiger partial charge >= 0.3 is 6.09 Å². The number of hydrogen-bond donors (Lipinski definition) is 3. The number of ether oxygens (including phenoxy) is 3. The lowest BCUT2D eigenvalue weighted by Gasteiger charge is -2.36. The van der Waals surface area contributed by atoms with Crippen LogP contribution in [0.4, 0.5) is 13.6 Å². The van der Waals surface area contributed by atoms with Crippen molar-refractivity contribution in [3.05, 3.63) is 36.0 Å². The maximum atomic E-state index is 15.0. The standard InChI is InChI=1S/C43H56F2N6O9S/c1-7-24-32-20-51(34(24)37(52)49-43(19-27(43)36(44)45)40(54)50-61(56,57)23-14-15-23)39(53)35(42(3,4)5)48-41(55)60-31-18-26-21(2)33(26)25(31)11-9-8-10-12-29-38(59-32)47-30-17-22(58-6)13-16-28(30)46-29/h13,16-17,23-27,31-36H,2,7-12,14-15,18-20H2,1,3-6H3,(H,48,55)(H,49,52)(H,50,54)/t24-,25+,26-,27+,31-,32+,33-,34+,35-,43-/m1/s1. The van der Waals surface area contributed by atoms with E-state index in [0.717, 1.165) is 25.7 Å². The molecule has 4 aliphatic carbocycles. The van der Waals surface area contributed by atoms with E-state index in [2.05, 4.69) is 17.2 Å². The lowest BCUT2D eigenvalue weighted by Crippen LogP contribution is -2.61. The monoisotopic (exact) mass is 870 g/mol. The first kappa shape index (κ1) is 43.1. The fraction of sp³-hybridized carbons (Fsp3) is 0.674. The number of hydrogen-bond acceptors (Lipinski definition) is 11. The van der Waals surface area contributed by atoms with Gasteiger partial charge in [0.25, 0.3) is 5.91 Å². The third kappa shape index (κ3) is 8.24. The number of halogens is 2. The van der Waals surface area contributed by atoms with Gasteiger partial charge in [-0.2, -0.15) is 0 Å². The highest BCUT2D eigenvalue weighted by molar-refractivity contribution is 7.91. The molecule has 6 aliphatic rings. The molecule has 332 valence electrons. The van der Waals surface area contributed by atoms with Crippen molar-refractivity contribution >= 4 is 44.9 Å². The zero-order chi connectivity index (χ0) is 43.8. The summed E-state index contributed by atoms with van der Waals surface area (Å²) in [6.45, 7) is 11.1. The predicted molar refractivity (Wildman–Crippen MR) is 218 cm³/mol. The summed E-state index contributed by atoms with van der Waals surface area (Å²) in [6, 6.07) is 2.70. The van der Waals surface area contributed by atoms with Crippen LogP contribution in [0, 0.1) is 35.0 Å². The van der Waals surface area contributed by atoms with Gasteiger partial charge in [0.15, 0.2) is 0 Å². The molecule has 3 N–H and O–H groups in total. The number of aryl methyl sites for hydroxylation is 1. The largest absolute Gasteiger partial charge is 0.497 e. The Hall–Kier alpha value is -4.61. The van der Waals surface area contributed by atoms with Crippen molar-refractivity contribution in [1.82, 2.24) is 30.2 Å². The van der Waals surface area contributed by atoms with Crippen LogP contribution in [-0.4, -0.2) is 102 Å². The highest BCUT2D eigenvalue weighted by atomic mass is 32.2. The number of allylic oxidation sites excluding steroid dienone is 1. The van der Waals surface area contributed by atoms with Crippen LogP contribution in [0.2, 0.25) is 0 Å². The molecule has 15 nitrogen and oxygen atoms in total. The van der Waals surface area contributed by atoms with Crippen molar-refractivity contribution in [1.29, 1.82) is 0 Å². The van der Waals surface area contributed by atoms with Gasteiger partial charge in [0, 0.05) is 17.9 Å². The third-order valence-corrected chi connectivity index (χ3v) is 15.6. The summed E-state index contributed by atoms with van der Waals surface area (Å²) < 4.78 is 74.6. The zero-order valence-corrected chi connectivity index (χ0v) is 36.1. The van der Waals surface area contributed by atoms with Crippen molar-refractivity contribution in [2.75, 3.05) is 13.7 Å². The van der Waals surface area contributed by atoms with Crippen molar-refractivity contribution in [3.8, 4) is 11.6 Å². The van der Waals surface area contributed by atoms with Gasteiger partial charge in [-0.25, -0.2) is 32.0 Å². The molecule has 5 fully saturated rings. The number of methoxy groups -OCH3 is 1. The van der Waals surface area contributed by atoms with E-state index in [1.807, 2.05) is 10.8 Å². The second-order valence-electron chi connectivity index (χ2n) is 18.9. The summed E-state index contributed by atoms with van der Waals surface area (Å²) in [5.41, 5.74) is -0.282. The number of sulfonamides is 1. The normalized spacial score (nSPS) is 33.0. The van der Waals surface area contributed by atoms with E-state index in [-0.39, 0.29) is 42.7 Å². The minimum atomic E-state index is -4.16. The molecule has 61 heavy (non-hydrogen) atoms. The Bertz CT molecular complexity index is 2230. The minimum absolute atomic E-state index is 0.0845. The molecule has 0 radical (unpaired) electrons. The highest BCUT2D eigenvalue weighted by Gasteiger charge is 2.67. The molecule has 8 rings (SSSR count). The first-order valence-electron chi connectivity index (χ1n) is 21.5. The Morgan fingerprint density at radius 1 is 1.08 bits per heavy atom. The van der Waals surface area contributed by atoms with Crippen LogP contribution in [-0.2, 0) is 35.6 Å². The lowest BCUT2D eigenvalue weighted by atomic mass is 9.85. The van der Waals surface area contributed by atoms with Crippen molar-refractivity contribution in [2.45, 2.75) is 133 Å². The number of aromatic nitrogens is 2. The molecule has 2 aromatic rings. The molecule has 1 saturated heterocycles. The van der Waals surface area contributed by atoms with E-state index in [1.54, 1.807) is 39.8 Å². The molecule has 0 spiro atoms. The van der Waals surface area contributed by atoms with Crippen molar-refractivity contribution < 1.29 is 50.6 Å². The van der Waals surface area contributed by atoms with Crippen molar-refractivity contribution in [2.24, 2.45) is 35.0 Å². The fourth-order valence-electron chi connectivity index (χ4n) is 10.0. The molecule has 1 aromatic carbocycles. The topological polar surface area (TPSA) is 195 Å². The van der Waals surface area contributed by atoms with Gasteiger partial charge in [-0.3, -0.25) is 19.1 Å². The van der Waals surface area contributed by atoms with Crippen LogP contribution in [0.15, 0.2) is 30.4 Å². The van der Waals surface area contributed by atoms with E-state index in [0.29, 0.717) is 48.2 Å². The summed E-state index contributed by atoms with van der Waals surface area (Å²) >= 11 is 0. The highest BCUT2D eigenvalue weighted by Crippen LogP contribution is 2.61. The Morgan fingerprint density at radius 2 is 1.84 bits per heavy atom. The average molecular weight is 871 g/mol. The molecule has 1 aromatic heterocycles. The molecule has 2 bridgehead atoms. The SMILES string of the molecule is C=C1[C@@H]2[C@H]3CCCCCc4nc5ccc(OC)cc5nc4O[C@H]4CN(C(=O)[C@H](C(C)(C)C)NC(=O)O[C@@H]3C[C@H]12)[C@H](C(=O)N[C@]1(C(=O)NS(=O)(=O)C2CC2)C[C@H]1C(F)F)[C@@H]4CC. The molecule has 4 amide bonds. The molecular formula is C43H56F2N6O9S. The van der Waals surface area contributed by atoms with Gasteiger partial charge in [-0.1, -0.05) is 52.7 Å². The van der Waals surface area contributed by atoms with E-state index >= 15 is 4.79 Å². The molecule has 4 saturated carbocycles. The van der Waals surface area contributed by atoms with Crippen LogP contribution in [0.1, 0.15) is 91.2 Å². The van der Waals surface area contributed by atoms with E-state index in [9.17, 15) is 31.6 Å².